The van der Waals surface area contributed by atoms with E-state index in [1.54, 1.807) is 30.3 Å². The molecule has 1 atom stereocenters. The van der Waals surface area contributed by atoms with Gasteiger partial charge < -0.3 is 10.2 Å². The molecule has 0 radical (unpaired) electrons. The smallest absolute Gasteiger partial charge is 0.243 e. The van der Waals surface area contributed by atoms with Crippen LogP contribution in [0.5, 0.6) is 0 Å². The highest BCUT2D eigenvalue weighted by molar-refractivity contribution is 7.89. The van der Waals surface area contributed by atoms with Gasteiger partial charge in [-0.2, -0.15) is 4.31 Å². The Balaban J connectivity index is 1.50. The summed E-state index contributed by atoms with van der Waals surface area (Å²) in [7, 11) is -3.53. The van der Waals surface area contributed by atoms with Gasteiger partial charge in [0.15, 0.2) is 0 Å². The van der Waals surface area contributed by atoms with E-state index in [9.17, 15) is 12.8 Å². The van der Waals surface area contributed by atoms with Gasteiger partial charge in [-0.25, -0.2) is 12.8 Å². The van der Waals surface area contributed by atoms with E-state index in [-0.39, 0.29) is 5.82 Å². The van der Waals surface area contributed by atoms with Crippen LogP contribution in [0.2, 0.25) is 0 Å². The lowest BCUT2D eigenvalue weighted by Gasteiger charge is -2.35. The van der Waals surface area contributed by atoms with Crippen LogP contribution in [0, 0.1) is 5.82 Å². The second kappa shape index (κ2) is 6.55. The van der Waals surface area contributed by atoms with E-state index < -0.39 is 10.0 Å². The lowest BCUT2D eigenvalue weighted by molar-refractivity contribution is 0.383. The fraction of sp³-hybridized carbons (Fsp3) is 0.368. The molecule has 0 bridgehead atoms. The maximum absolute atomic E-state index is 13.9. The Kier molecular flexibility index (Phi) is 4.36. The minimum Gasteiger partial charge on any atom is -0.382 e. The van der Waals surface area contributed by atoms with Crippen LogP contribution in [-0.4, -0.2) is 44.9 Å². The summed E-state index contributed by atoms with van der Waals surface area (Å²) in [5.74, 6) is -0.274. The zero-order valence-corrected chi connectivity index (χ0v) is 15.5. The van der Waals surface area contributed by atoms with Gasteiger partial charge in [0.25, 0.3) is 0 Å². The molecule has 0 saturated carbocycles. The first-order chi connectivity index (χ1) is 12.4. The van der Waals surface area contributed by atoms with E-state index in [0.717, 1.165) is 17.7 Å². The number of sulfonamides is 1. The van der Waals surface area contributed by atoms with Crippen molar-refractivity contribution in [3.05, 3.63) is 53.8 Å². The zero-order chi connectivity index (χ0) is 18.3. The fourth-order valence-corrected chi connectivity index (χ4v) is 5.19. The first-order valence-electron chi connectivity index (χ1n) is 8.84. The number of hydrogen-bond acceptors (Lipinski definition) is 4. The zero-order valence-electron chi connectivity index (χ0n) is 14.7. The number of halogens is 1. The normalized spacial score (nSPS) is 20.7. The third-order valence-corrected chi connectivity index (χ3v) is 6.97. The van der Waals surface area contributed by atoms with Crippen molar-refractivity contribution in [1.82, 2.24) is 4.31 Å². The Morgan fingerprint density at radius 2 is 1.81 bits per heavy atom. The van der Waals surface area contributed by atoms with Crippen LogP contribution in [0.15, 0.2) is 47.4 Å². The summed E-state index contributed by atoms with van der Waals surface area (Å²) < 4.78 is 41.4. The number of anilines is 2. The van der Waals surface area contributed by atoms with Gasteiger partial charge in [-0.1, -0.05) is 12.1 Å². The summed E-state index contributed by atoms with van der Waals surface area (Å²) >= 11 is 0. The minimum atomic E-state index is -3.53. The van der Waals surface area contributed by atoms with Crippen molar-refractivity contribution in [2.45, 2.75) is 24.3 Å². The molecule has 2 aliphatic heterocycles. The predicted molar refractivity (Wildman–Crippen MR) is 101 cm³/mol. The van der Waals surface area contributed by atoms with Crippen molar-refractivity contribution in [2.24, 2.45) is 0 Å². The molecular weight excluding hydrogens is 353 g/mol. The third-order valence-electron chi connectivity index (χ3n) is 5.07. The van der Waals surface area contributed by atoms with E-state index in [4.69, 9.17) is 0 Å². The number of piperazine rings is 1. The number of rotatable bonds is 3. The lowest BCUT2D eigenvalue weighted by Crippen LogP contribution is -2.48. The second-order valence-electron chi connectivity index (χ2n) is 6.91. The number of hydrogen-bond donors (Lipinski definition) is 1. The number of nitrogens with one attached hydrogen (secondary N) is 1. The van der Waals surface area contributed by atoms with Gasteiger partial charge in [0.05, 0.1) is 10.6 Å². The molecular formula is C19H22FN3O2S. The first-order valence-corrected chi connectivity index (χ1v) is 10.3. The highest BCUT2D eigenvalue weighted by Gasteiger charge is 2.30. The van der Waals surface area contributed by atoms with E-state index in [0.29, 0.717) is 42.8 Å². The summed E-state index contributed by atoms with van der Waals surface area (Å²) in [6.45, 7) is 3.73. The van der Waals surface area contributed by atoms with Crippen LogP contribution in [0.3, 0.4) is 0 Å². The molecule has 1 fully saturated rings. The maximum atomic E-state index is 13.9. The topological polar surface area (TPSA) is 52.7 Å². The minimum absolute atomic E-state index is 0.274. The van der Waals surface area contributed by atoms with Gasteiger partial charge in [0.1, 0.15) is 5.82 Å². The van der Waals surface area contributed by atoms with E-state index in [2.05, 4.69) is 12.2 Å². The quantitative estimate of drug-likeness (QED) is 0.896. The largest absolute Gasteiger partial charge is 0.382 e. The number of para-hydroxylation sites is 1. The first kappa shape index (κ1) is 17.3. The van der Waals surface area contributed by atoms with Crippen LogP contribution >= 0.6 is 0 Å². The summed E-state index contributed by atoms with van der Waals surface area (Å²) in [6.07, 6.45) is 0.833. The molecule has 1 N–H and O–H groups in total. The Bertz CT molecular complexity index is 924. The molecule has 4 rings (SSSR count). The van der Waals surface area contributed by atoms with Crippen LogP contribution in [0.25, 0.3) is 0 Å². The molecule has 0 amide bonds. The number of fused-ring (bicyclic) bond motifs is 1. The third kappa shape index (κ3) is 3.05. The Morgan fingerprint density at radius 1 is 1.08 bits per heavy atom. The van der Waals surface area contributed by atoms with E-state index in [1.165, 1.54) is 10.4 Å². The maximum Gasteiger partial charge on any atom is 0.243 e. The molecule has 0 aliphatic carbocycles. The van der Waals surface area contributed by atoms with Crippen LogP contribution in [0.1, 0.15) is 12.5 Å². The van der Waals surface area contributed by atoms with Crippen LogP contribution < -0.4 is 10.2 Å². The summed E-state index contributed by atoms with van der Waals surface area (Å²) in [5, 5.41) is 3.33. The number of benzene rings is 2. The van der Waals surface area contributed by atoms with Crippen LogP contribution in [0.4, 0.5) is 15.8 Å². The molecule has 2 aliphatic rings. The molecule has 2 aromatic rings. The van der Waals surface area contributed by atoms with Crippen LogP contribution in [-0.2, 0) is 16.4 Å². The molecule has 2 heterocycles. The van der Waals surface area contributed by atoms with Crippen molar-refractivity contribution < 1.29 is 12.8 Å². The van der Waals surface area contributed by atoms with Gasteiger partial charge in [0, 0.05) is 37.9 Å². The molecule has 1 unspecified atom stereocenters. The van der Waals surface area contributed by atoms with Crippen molar-refractivity contribution in [3.63, 3.8) is 0 Å². The standard InChI is InChI=1S/C19H22FN3O2S/c1-14-12-15-13-16(6-7-18(15)21-14)26(24,25)23-10-8-22(9-11-23)19-5-3-2-4-17(19)20/h2-7,13-14,21H,8-12H2,1H3. The Hall–Kier alpha value is -2.12. The average Bonchev–Trinajstić information content (AvgIpc) is 3.01. The van der Waals surface area contributed by atoms with Crippen molar-refractivity contribution in [2.75, 3.05) is 36.4 Å². The summed E-state index contributed by atoms with van der Waals surface area (Å²) in [4.78, 5) is 2.24. The van der Waals surface area contributed by atoms with Crippen molar-refractivity contribution >= 4 is 21.4 Å². The fourth-order valence-electron chi connectivity index (χ4n) is 3.71. The van der Waals surface area contributed by atoms with Gasteiger partial charge in [0.2, 0.25) is 10.0 Å². The number of nitrogens with zero attached hydrogens (tertiary/aromatic N) is 2. The second-order valence-corrected chi connectivity index (χ2v) is 8.85. The highest BCUT2D eigenvalue weighted by Crippen LogP contribution is 2.30. The van der Waals surface area contributed by atoms with E-state index >= 15 is 0 Å². The molecule has 1 saturated heterocycles. The monoisotopic (exact) mass is 375 g/mol. The average molecular weight is 375 g/mol. The molecule has 5 nitrogen and oxygen atoms in total. The van der Waals surface area contributed by atoms with Gasteiger partial charge in [-0.05, 0) is 49.2 Å². The molecule has 138 valence electrons. The Labute approximate surface area is 153 Å². The van der Waals surface area contributed by atoms with Crippen molar-refractivity contribution in [3.8, 4) is 0 Å². The SMILES string of the molecule is CC1Cc2cc(S(=O)(=O)N3CCN(c4ccccc4F)CC3)ccc2N1. The Morgan fingerprint density at radius 3 is 2.54 bits per heavy atom. The van der Waals surface area contributed by atoms with Gasteiger partial charge >= 0.3 is 0 Å². The van der Waals surface area contributed by atoms with E-state index in [1.807, 2.05) is 11.0 Å². The summed E-state index contributed by atoms with van der Waals surface area (Å²) in [5.41, 5.74) is 2.59. The van der Waals surface area contributed by atoms with Gasteiger partial charge in [-0.15, -0.1) is 0 Å². The predicted octanol–water partition coefficient (Wildman–Crippen LogP) is 2.69. The lowest BCUT2D eigenvalue weighted by atomic mass is 10.1. The molecule has 7 heteroatoms. The van der Waals surface area contributed by atoms with Crippen molar-refractivity contribution in [1.29, 1.82) is 0 Å². The summed E-state index contributed by atoms with van der Waals surface area (Å²) in [6, 6.07) is 12.2. The highest BCUT2D eigenvalue weighted by atomic mass is 32.2. The molecule has 26 heavy (non-hydrogen) atoms. The molecule has 0 aromatic heterocycles. The molecule has 0 spiro atoms. The molecule has 2 aromatic carbocycles. The van der Waals surface area contributed by atoms with Gasteiger partial charge in [-0.3, -0.25) is 0 Å².